The SMILES string of the molecule is CCCCCCCCCCCCC(=O)OC[C@H](CO[C@@H]1O[C@H](CO)[C@H](O)[C@H](O)[C@H]1O)OC(=O)CCCC. The van der Waals surface area contributed by atoms with E-state index in [9.17, 15) is 30.0 Å². The number of rotatable bonds is 21. The molecule has 218 valence electrons. The van der Waals surface area contributed by atoms with Crippen LogP contribution >= 0.6 is 0 Å². The molecule has 1 rings (SSSR count). The highest BCUT2D eigenvalue weighted by molar-refractivity contribution is 5.70. The molecule has 37 heavy (non-hydrogen) atoms. The molecule has 0 aromatic heterocycles. The van der Waals surface area contributed by atoms with Crippen molar-refractivity contribution in [1.82, 2.24) is 0 Å². The van der Waals surface area contributed by atoms with Gasteiger partial charge >= 0.3 is 11.9 Å². The second-order valence-electron chi connectivity index (χ2n) is 9.86. The van der Waals surface area contributed by atoms with Crippen molar-refractivity contribution in [3.8, 4) is 0 Å². The minimum Gasteiger partial charge on any atom is -0.462 e. The summed E-state index contributed by atoms with van der Waals surface area (Å²) in [5.41, 5.74) is 0. The maximum absolute atomic E-state index is 12.2. The average Bonchev–Trinajstić information content (AvgIpc) is 2.89. The first-order valence-corrected chi connectivity index (χ1v) is 14.1. The molecule has 1 heterocycles. The smallest absolute Gasteiger partial charge is 0.306 e. The second-order valence-corrected chi connectivity index (χ2v) is 9.86. The maximum Gasteiger partial charge on any atom is 0.306 e. The van der Waals surface area contributed by atoms with Gasteiger partial charge in [-0.25, -0.2) is 0 Å². The Hall–Kier alpha value is -1.30. The number of hydrogen-bond donors (Lipinski definition) is 4. The van der Waals surface area contributed by atoms with E-state index < -0.39 is 49.4 Å². The third-order valence-corrected chi connectivity index (χ3v) is 6.49. The van der Waals surface area contributed by atoms with Crippen molar-refractivity contribution >= 4 is 11.9 Å². The number of aliphatic hydroxyl groups is 4. The van der Waals surface area contributed by atoms with E-state index in [1.807, 2.05) is 6.92 Å². The molecular formula is C27H50O10. The van der Waals surface area contributed by atoms with Gasteiger partial charge in [0, 0.05) is 12.8 Å². The molecule has 1 saturated heterocycles. The lowest BCUT2D eigenvalue weighted by Crippen LogP contribution is -2.59. The van der Waals surface area contributed by atoms with Crippen molar-refractivity contribution in [1.29, 1.82) is 0 Å². The molecule has 1 fully saturated rings. The molecule has 0 aromatic rings. The van der Waals surface area contributed by atoms with E-state index in [0.717, 1.165) is 25.7 Å². The van der Waals surface area contributed by atoms with Crippen LogP contribution in [0.15, 0.2) is 0 Å². The maximum atomic E-state index is 12.2. The first kappa shape index (κ1) is 33.7. The van der Waals surface area contributed by atoms with Gasteiger partial charge in [0.2, 0.25) is 0 Å². The van der Waals surface area contributed by atoms with E-state index in [0.29, 0.717) is 6.42 Å². The molecule has 0 aromatic carbocycles. The zero-order chi connectivity index (χ0) is 27.5. The van der Waals surface area contributed by atoms with Crippen molar-refractivity contribution < 1.29 is 49.0 Å². The Bertz CT molecular complexity index is 600. The quantitative estimate of drug-likeness (QED) is 0.128. The molecule has 1 aliphatic rings. The second kappa shape index (κ2) is 20.6. The largest absolute Gasteiger partial charge is 0.462 e. The van der Waals surface area contributed by atoms with Gasteiger partial charge in [-0.1, -0.05) is 78.1 Å². The van der Waals surface area contributed by atoms with Crippen LogP contribution in [0.1, 0.15) is 104 Å². The number of hydrogen-bond acceptors (Lipinski definition) is 10. The molecule has 0 spiro atoms. The van der Waals surface area contributed by atoms with Gasteiger partial charge in [-0.2, -0.15) is 0 Å². The highest BCUT2D eigenvalue weighted by Gasteiger charge is 2.44. The number of unbranched alkanes of at least 4 members (excludes halogenated alkanes) is 10. The summed E-state index contributed by atoms with van der Waals surface area (Å²) in [6, 6.07) is 0. The Morgan fingerprint density at radius 3 is 1.89 bits per heavy atom. The van der Waals surface area contributed by atoms with Crippen molar-refractivity contribution in [2.24, 2.45) is 0 Å². The predicted octanol–water partition coefficient (Wildman–Crippen LogP) is 2.76. The molecule has 0 aliphatic carbocycles. The minimum atomic E-state index is -1.58. The number of esters is 2. The van der Waals surface area contributed by atoms with Crippen LogP contribution in [0.25, 0.3) is 0 Å². The van der Waals surface area contributed by atoms with E-state index in [2.05, 4.69) is 6.92 Å². The van der Waals surface area contributed by atoms with Gasteiger partial charge in [0.25, 0.3) is 0 Å². The monoisotopic (exact) mass is 534 g/mol. The molecule has 10 heteroatoms. The van der Waals surface area contributed by atoms with Gasteiger partial charge in [0.05, 0.1) is 13.2 Å². The van der Waals surface area contributed by atoms with Crippen LogP contribution in [-0.4, -0.2) is 89.0 Å². The van der Waals surface area contributed by atoms with Crippen LogP contribution < -0.4 is 0 Å². The van der Waals surface area contributed by atoms with Gasteiger partial charge in [0.15, 0.2) is 12.4 Å². The summed E-state index contributed by atoms with van der Waals surface area (Å²) in [4.78, 5) is 24.3. The normalized spacial score (nSPS) is 24.5. The van der Waals surface area contributed by atoms with Crippen molar-refractivity contribution in [3.63, 3.8) is 0 Å². The van der Waals surface area contributed by atoms with Crippen LogP contribution in [0.5, 0.6) is 0 Å². The van der Waals surface area contributed by atoms with Crippen LogP contribution in [0.2, 0.25) is 0 Å². The third kappa shape index (κ3) is 14.4. The highest BCUT2D eigenvalue weighted by Crippen LogP contribution is 2.22. The van der Waals surface area contributed by atoms with E-state index in [1.54, 1.807) is 0 Å². The number of carbonyl (C=O) groups excluding carboxylic acids is 2. The van der Waals surface area contributed by atoms with E-state index in [1.165, 1.54) is 44.9 Å². The van der Waals surface area contributed by atoms with Gasteiger partial charge < -0.3 is 39.4 Å². The minimum absolute atomic E-state index is 0.208. The Morgan fingerprint density at radius 2 is 1.30 bits per heavy atom. The standard InChI is InChI=1S/C27H50O10/c1-3-5-7-8-9-10-11-12-13-14-16-22(29)34-18-20(36-23(30)15-6-4-2)19-35-27-26(33)25(32)24(31)21(17-28)37-27/h20-21,24-28,31-33H,3-19H2,1-2H3/t20-,21-,24+,25+,26-,27-/m1/s1. The average molecular weight is 535 g/mol. The first-order valence-electron chi connectivity index (χ1n) is 14.1. The van der Waals surface area contributed by atoms with Gasteiger partial charge in [0.1, 0.15) is 31.0 Å². The van der Waals surface area contributed by atoms with E-state index in [-0.39, 0.29) is 32.0 Å². The van der Waals surface area contributed by atoms with Crippen LogP contribution in [0, 0.1) is 0 Å². The third-order valence-electron chi connectivity index (χ3n) is 6.49. The molecule has 0 radical (unpaired) electrons. The summed E-state index contributed by atoms with van der Waals surface area (Å²) in [7, 11) is 0. The van der Waals surface area contributed by atoms with Crippen LogP contribution in [0.3, 0.4) is 0 Å². The zero-order valence-corrected chi connectivity index (χ0v) is 22.7. The fourth-order valence-electron chi connectivity index (χ4n) is 4.10. The molecule has 0 amide bonds. The zero-order valence-electron chi connectivity index (χ0n) is 22.7. The summed E-state index contributed by atoms with van der Waals surface area (Å²) in [5, 5.41) is 39.3. The molecule has 0 unspecified atom stereocenters. The number of ether oxygens (including phenoxy) is 4. The Kier molecular flexibility index (Phi) is 18.8. The molecule has 0 bridgehead atoms. The van der Waals surface area contributed by atoms with Gasteiger partial charge in [-0.15, -0.1) is 0 Å². The van der Waals surface area contributed by atoms with E-state index >= 15 is 0 Å². The molecule has 10 nitrogen and oxygen atoms in total. The summed E-state index contributed by atoms with van der Waals surface area (Å²) in [5.74, 6) is -0.850. The predicted molar refractivity (Wildman–Crippen MR) is 137 cm³/mol. The molecular weight excluding hydrogens is 484 g/mol. The fourth-order valence-corrected chi connectivity index (χ4v) is 4.10. The number of aliphatic hydroxyl groups excluding tert-OH is 4. The summed E-state index contributed by atoms with van der Waals surface area (Å²) >= 11 is 0. The molecule has 0 saturated carbocycles. The summed E-state index contributed by atoms with van der Waals surface area (Å²) in [6.07, 6.45) is 5.49. The van der Waals surface area contributed by atoms with Crippen molar-refractivity contribution in [3.05, 3.63) is 0 Å². The lowest BCUT2D eigenvalue weighted by molar-refractivity contribution is -0.305. The van der Waals surface area contributed by atoms with Crippen molar-refractivity contribution in [2.45, 2.75) is 141 Å². The first-order chi connectivity index (χ1) is 17.8. The summed E-state index contributed by atoms with van der Waals surface area (Å²) < 4.78 is 21.5. The lowest BCUT2D eigenvalue weighted by Gasteiger charge is -2.39. The topological polar surface area (TPSA) is 152 Å². The van der Waals surface area contributed by atoms with Gasteiger partial charge in [-0.05, 0) is 12.8 Å². The molecule has 4 N–H and O–H groups in total. The number of carbonyl (C=O) groups is 2. The highest BCUT2D eigenvalue weighted by atomic mass is 16.7. The molecule has 1 aliphatic heterocycles. The van der Waals surface area contributed by atoms with Crippen LogP contribution in [-0.2, 0) is 28.5 Å². The van der Waals surface area contributed by atoms with Crippen molar-refractivity contribution in [2.75, 3.05) is 19.8 Å². The lowest BCUT2D eigenvalue weighted by atomic mass is 9.99. The van der Waals surface area contributed by atoms with E-state index in [4.69, 9.17) is 18.9 Å². The fraction of sp³-hybridized carbons (Fsp3) is 0.926. The Balaban J connectivity index is 2.40. The molecule has 6 atom stereocenters. The Morgan fingerprint density at radius 1 is 0.730 bits per heavy atom. The summed E-state index contributed by atoms with van der Waals surface area (Å²) in [6.45, 7) is 3.08. The van der Waals surface area contributed by atoms with Crippen LogP contribution in [0.4, 0.5) is 0 Å². The van der Waals surface area contributed by atoms with Gasteiger partial charge in [-0.3, -0.25) is 9.59 Å². The Labute approximate surface area is 221 Å².